The van der Waals surface area contributed by atoms with Gasteiger partial charge in [0.1, 0.15) is 30.2 Å². The highest BCUT2D eigenvalue weighted by Crippen LogP contribution is 2.27. The summed E-state index contributed by atoms with van der Waals surface area (Å²) in [6, 6.07) is 3.70. The van der Waals surface area contributed by atoms with E-state index in [4.69, 9.17) is 5.11 Å². The SMILES string of the molecule is CC(=C(O)C(O)C(O)C(O)C(O)CO)c1ccc(C)c(C)c1C. The summed E-state index contributed by atoms with van der Waals surface area (Å²) in [6.07, 6.45) is -7.02. The molecule has 0 amide bonds. The van der Waals surface area contributed by atoms with E-state index in [2.05, 4.69) is 0 Å². The second-order valence-corrected chi connectivity index (χ2v) is 5.87. The summed E-state index contributed by atoms with van der Waals surface area (Å²) in [4.78, 5) is 0. The monoisotopic (exact) mass is 326 g/mol. The van der Waals surface area contributed by atoms with Gasteiger partial charge in [-0.3, -0.25) is 0 Å². The molecule has 130 valence electrons. The van der Waals surface area contributed by atoms with Crippen LogP contribution in [-0.2, 0) is 0 Å². The maximum absolute atomic E-state index is 10.2. The quantitative estimate of drug-likeness (QED) is 0.419. The Morgan fingerprint density at radius 3 is 2.04 bits per heavy atom. The van der Waals surface area contributed by atoms with Gasteiger partial charge < -0.3 is 30.6 Å². The lowest BCUT2D eigenvalue weighted by molar-refractivity contribution is -0.112. The van der Waals surface area contributed by atoms with E-state index >= 15 is 0 Å². The summed E-state index contributed by atoms with van der Waals surface area (Å²) < 4.78 is 0. The molecule has 6 N–H and O–H groups in total. The highest BCUT2D eigenvalue weighted by atomic mass is 16.4. The van der Waals surface area contributed by atoms with Crippen LogP contribution in [0.2, 0.25) is 0 Å². The van der Waals surface area contributed by atoms with Crippen molar-refractivity contribution in [1.29, 1.82) is 0 Å². The van der Waals surface area contributed by atoms with Gasteiger partial charge in [-0.15, -0.1) is 0 Å². The van der Waals surface area contributed by atoms with E-state index in [0.717, 1.165) is 16.7 Å². The molecule has 0 spiro atoms. The Morgan fingerprint density at radius 2 is 1.52 bits per heavy atom. The molecule has 23 heavy (non-hydrogen) atoms. The van der Waals surface area contributed by atoms with Crippen LogP contribution in [0.1, 0.15) is 29.2 Å². The molecule has 1 rings (SSSR count). The Labute approximate surface area is 136 Å². The molecule has 0 heterocycles. The van der Waals surface area contributed by atoms with Gasteiger partial charge in [-0.25, -0.2) is 0 Å². The fourth-order valence-corrected chi connectivity index (χ4v) is 2.41. The van der Waals surface area contributed by atoms with E-state index in [1.165, 1.54) is 0 Å². The van der Waals surface area contributed by atoms with Gasteiger partial charge >= 0.3 is 0 Å². The largest absolute Gasteiger partial charge is 0.509 e. The molecule has 0 aliphatic heterocycles. The number of rotatable bonds is 6. The van der Waals surface area contributed by atoms with Crippen molar-refractivity contribution in [3.63, 3.8) is 0 Å². The van der Waals surface area contributed by atoms with Gasteiger partial charge in [-0.05, 0) is 55.5 Å². The average Bonchev–Trinajstić information content (AvgIpc) is 2.55. The number of benzene rings is 1. The third-order valence-electron chi connectivity index (χ3n) is 4.38. The molecule has 0 saturated heterocycles. The van der Waals surface area contributed by atoms with Crippen LogP contribution in [0.25, 0.3) is 5.57 Å². The summed E-state index contributed by atoms with van der Waals surface area (Å²) >= 11 is 0. The lowest BCUT2D eigenvalue weighted by Crippen LogP contribution is -2.46. The predicted molar refractivity (Wildman–Crippen MR) is 87.0 cm³/mol. The molecule has 0 aliphatic carbocycles. The fourth-order valence-electron chi connectivity index (χ4n) is 2.41. The van der Waals surface area contributed by atoms with Crippen LogP contribution in [-0.4, -0.2) is 61.7 Å². The molecule has 4 unspecified atom stereocenters. The summed E-state index contributed by atoms with van der Waals surface area (Å²) in [5.74, 6) is -0.493. The van der Waals surface area contributed by atoms with Crippen molar-refractivity contribution < 1.29 is 30.6 Å². The molecule has 0 bridgehead atoms. The van der Waals surface area contributed by atoms with Gasteiger partial charge in [0.2, 0.25) is 0 Å². The van der Waals surface area contributed by atoms with Crippen LogP contribution >= 0.6 is 0 Å². The minimum Gasteiger partial charge on any atom is -0.509 e. The molecular weight excluding hydrogens is 300 g/mol. The average molecular weight is 326 g/mol. The highest BCUT2D eigenvalue weighted by Gasteiger charge is 2.33. The minimum absolute atomic E-state index is 0.364. The first-order chi connectivity index (χ1) is 10.6. The topological polar surface area (TPSA) is 121 Å². The van der Waals surface area contributed by atoms with Gasteiger partial charge in [0, 0.05) is 0 Å². The summed E-state index contributed by atoms with van der Waals surface area (Å²) in [5.41, 5.74) is 4.17. The van der Waals surface area contributed by atoms with Gasteiger partial charge in [0.25, 0.3) is 0 Å². The Bertz CT molecular complexity index is 581. The third-order valence-corrected chi connectivity index (χ3v) is 4.38. The normalized spacial score (nSPS) is 18.1. The van der Waals surface area contributed by atoms with Gasteiger partial charge in [0.05, 0.1) is 6.61 Å². The first-order valence-electron chi connectivity index (χ1n) is 7.43. The molecule has 1 aromatic rings. The van der Waals surface area contributed by atoms with Crippen molar-refractivity contribution in [1.82, 2.24) is 0 Å². The van der Waals surface area contributed by atoms with Crippen LogP contribution in [0.3, 0.4) is 0 Å². The Kier molecular flexibility index (Phi) is 6.73. The zero-order valence-corrected chi connectivity index (χ0v) is 13.9. The molecule has 0 aromatic heterocycles. The summed E-state index contributed by atoms with van der Waals surface area (Å²) in [5, 5.41) is 57.8. The molecule has 1 aromatic carbocycles. The molecule has 0 aliphatic rings. The second kappa shape index (κ2) is 7.90. The zero-order chi connectivity index (χ0) is 17.9. The molecule has 0 fully saturated rings. The number of aryl methyl sites for hydroxylation is 1. The van der Waals surface area contributed by atoms with Gasteiger partial charge in [-0.1, -0.05) is 12.1 Å². The molecule has 0 radical (unpaired) electrons. The lowest BCUT2D eigenvalue weighted by Gasteiger charge is -2.26. The number of allylic oxidation sites excluding steroid dienone is 1. The van der Waals surface area contributed by atoms with Crippen molar-refractivity contribution >= 4 is 5.57 Å². The van der Waals surface area contributed by atoms with E-state index in [-0.39, 0.29) is 0 Å². The number of aliphatic hydroxyl groups excluding tert-OH is 6. The molecule has 6 nitrogen and oxygen atoms in total. The van der Waals surface area contributed by atoms with E-state index in [1.54, 1.807) is 13.0 Å². The van der Waals surface area contributed by atoms with E-state index in [1.807, 2.05) is 26.8 Å². The number of aliphatic hydroxyl groups is 6. The van der Waals surface area contributed by atoms with Crippen molar-refractivity contribution in [2.45, 2.75) is 52.1 Å². The first-order valence-corrected chi connectivity index (χ1v) is 7.43. The van der Waals surface area contributed by atoms with Crippen molar-refractivity contribution in [3.05, 3.63) is 40.1 Å². The minimum atomic E-state index is -1.83. The standard InChI is InChI=1S/C17H26O6/c1-8-5-6-12(10(3)9(8)2)11(4)14(20)16(22)17(23)15(21)13(19)7-18/h5-6,13,15-23H,7H2,1-4H3. The van der Waals surface area contributed by atoms with Crippen LogP contribution in [0.4, 0.5) is 0 Å². The van der Waals surface area contributed by atoms with Gasteiger partial charge in [0.15, 0.2) is 0 Å². The van der Waals surface area contributed by atoms with Crippen LogP contribution in [0, 0.1) is 20.8 Å². The van der Waals surface area contributed by atoms with Crippen molar-refractivity contribution in [2.24, 2.45) is 0 Å². The van der Waals surface area contributed by atoms with Crippen LogP contribution < -0.4 is 0 Å². The van der Waals surface area contributed by atoms with E-state index in [0.29, 0.717) is 11.1 Å². The first kappa shape index (κ1) is 19.6. The molecule has 0 saturated carbocycles. The number of hydrogen-bond acceptors (Lipinski definition) is 6. The van der Waals surface area contributed by atoms with Crippen LogP contribution in [0.15, 0.2) is 17.9 Å². The van der Waals surface area contributed by atoms with Crippen molar-refractivity contribution in [2.75, 3.05) is 6.61 Å². The smallest absolute Gasteiger partial charge is 0.139 e. The fraction of sp³-hybridized carbons (Fsp3) is 0.529. The second-order valence-electron chi connectivity index (χ2n) is 5.87. The van der Waals surface area contributed by atoms with E-state index < -0.39 is 36.8 Å². The number of hydrogen-bond donors (Lipinski definition) is 6. The predicted octanol–water partition coefficient (Wildman–Crippen LogP) is 0.337. The van der Waals surface area contributed by atoms with E-state index in [9.17, 15) is 25.5 Å². The third kappa shape index (κ3) is 4.10. The summed E-state index contributed by atoms with van der Waals surface area (Å²) in [6.45, 7) is 6.63. The molecule has 6 heteroatoms. The maximum atomic E-state index is 10.2. The zero-order valence-electron chi connectivity index (χ0n) is 13.9. The Hall–Kier alpha value is -1.44. The highest BCUT2D eigenvalue weighted by molar-refractivity contribution is 5.70. The van der Waals surface area contributed by atoms with Crippen LogP contribution in [0.5, 0.6) is 0 Å². The molecule has 4 atom stereocenters. The Balaban J connectivity index is 3.16. The maximum Gasteiger partial charge on any atom is 0.139 e. The lowest BCUT2D eigenvalue weighted by atomic mass is 9.92. The van der Waals surface area contributed by atoms with Crippen molar-refractivity contribution in [3.8, 4) is 0 Å². The molecular formula is C17H26O6. The Morgan fingerprint density at radius 1 is 0.957 bits per heavy atom. The summed E-state index contributed by atoms with van der Waals surface area (Å²) in [7, 11) is 0. The van der Waals surface area contributed by atoms with Gasteiger partial charge in [-0.2, -0.15) is 0 Å².